The van der Waals surface area contributed by atoms with Gasteiger partial charge >= 0.3 is 0 Å². The second-order valence-corrected chi connectivity index (χ2v) is 14.1. The third kappa shape index (κ3) is 6.27. The van der Waals surface area contributed by atoms with Crippen LogP contribution in [0.1, 0.15) is 105 Å². The number of hydrogen-bond acceptors (Lipinski definition) is 4. The molecule has 4 N–H and O–H groups in total. The van der Waals surface area contributed by atoms with E-state index in [-0.39, 0.29) is 10.8 Å². The van der Waals surface area contributed by atoms with Crippen molar-refractivity contribution in [3.63, 3.8) is 0 Å². The smallest absolute Gasteiger partial charge is 0.209 e. The second-order valence-electron chi connectivity index (χ2n) is 14.1. The van der Waals surface area contributed by atoms with E-state index in [9.17, 15) is 0 Å². The topological polar surface area (TPSA) is 61.5 Å². The van der Waals surface area contributed by atoms with E-state index in [1.54, 1.807) is 5.01 Å². The number of rotatable bonds is 11. The van der Waals surface area contributed by atoms with E-state index in [0.29, 0.717) is 0 Å². The molecule has 244 valence electrons. The maximum absolute atomic E-state index is 6.92. The van der Waals surface area contributed by atoms with Crippen LogP contribution in [-0.4, -0.2) is 28.4 Å². The van der Waals surface area contributed by atoms with Crippen molar-refractivity contribution in [3.8, 4) is 0 Å². The highest BCUT2D eigenvalue weighted by atomic mass is 15.4. The molecule has 0 atom stereocenters. The molecule has 0 spiro atoms. The molecule has 2 aromatic rings. The van der Waals surface area contributed by atoms with Gasteiger partial charge in [-0.25, -0.2) is 5.84 Å². The zero-order valence-electron chi connectivity index (χ0n) is 29.4. The summed E-state index contributed by atoms with van der Waals surface area (Å²) in [7, 11) is 0. The lowest BCUT2D eigenvalue weighted by Gasteiger charge is -2.29. The number of hydrazine groups is 1. The fourth-order valence-corrected chi connectivity index (χ4v) is 7.73. The summed E-state index contributed by atoms with van der Waals surface area (Å²) in [6.45, 7) is 18.1. The molecule has 1 aliphatic carbocycles. The van der Waals surface area contributed by atoms with Gasteiger partial charge in [0.05, 0.1) is 11.1 Å². The molecule has 0 amide bonds. The number of fused-ring (bicyclic) bond motifs is 2. The molecule has 0 fully saturated rings. The quantitative estimate of drug-likeness (QED) is 0.150. The van der Waals surface area contributed by atoms with E-state index in [2.05, 4.69) is 131 Å². The summed E-state index contributed by atoms with van der Waals surface area (Å²) in [6, 6.07) is 17.7. The van der Waals surface area contributed by atoms with Gasteiger partial charge < -0.3 is 10.6 Å². The van der Waals surface area contributed by atoms with Gasteiger partial charge in [-0.05, 0) is 74.8 Å². The minimum Gasteiger partial charge on any atom is -0.401 e. The Morgan fingerprint density at radius 1 is 0.870 bits per heavy atom. The van der Waals surface area contributed by atoms with Crippen LogP contribution in [0.4, 0.5) is 11.4 Å². The summed E-state index contributed by atoms with van der Waals surface area (Å²) in [5, 5.41) is 1.80. The van der Waals surface area contributed by atoms with Gasteiger partial charge in [0.15, 0.2) is 5.71 Å². The molecule has 3 aliphatic rings. The molecule has 2 aromatic carbocycles. The maximum atomic E-state index is 6.92. The van der Waals surface area contributed by atoms with E-state index in [1.807, 2.05) is 6.20 Å². The summed E-state index contributed by atoms with van der Waals surface area (Å²) in [4.78, 5) is 2.51. The van der Waals surface area contributed by atoms with Gasteiger partial charge in [-0.1, -0.05) is 89.6 Å². The molecular formula is C41H56N5+. The van der Waals surface area contributed by atoms with Crippen LogP contribution in [0.25, 0.3) is 0 Å². The molecule has 5 nitrogen and oxygen atoms in total. The van der Waals surface area contributed by atoms with Crippen LogP contribution in [0.3, 0.4) is 0 Å². The van der Waals surface area contributed by atoms with Crippen molar-refractivity contribution in [1.82, 2.24) is 5.01 Å². The number of allylic oxidation sites excluding steroid dienone is 8. The lowest BCUT2D eigenvalue weighted by Crippen LogP contribution is -2.30. The molecule has 0 bridgehead atoms. The van der Waals surface area contributed by atoms with Crippen molar-refractivity contribution in [1.29, 1.82) is 0 Å². The Morgan fingerprint density at radius 2 is 1.59 bits per heavy atom. The Labute approximate surface area is 278 Å². The fraction of sp³-hybridized carbons (Fsp3) is 0.439. The van der Waals surface area contributed by atoms with Crippen molar-refractivity contribution in [2.45, 2.75) is 104 Å². The van der Waals surface area contributed by atoms with Gasteiger partial charge in [0.1, 0.15) is 6.54 Å². The van der Waals surface area contributed by atoms with Crippen molar-refractivity contribution < 1.29 is 4.58 Å². The van der Waals surface area contributed by atoms with Crippen molar-refractivity contribution >= 4 is 17.1 Å². The summed E-state index contributed by atoms with van der Waals surface area (Å²) in [6.07, 6.45) is 18.3. The molecule has 0 saturated carbocycles. The highest BCUT2D eigenvalue weighted by Crippen LogP contribution is 2.48. The first kappa shape index (κ1) is 33.5. The average molecular weight is 619 g/mol. The Kier molecular flexibility index (Phi) is 10.1. The molecule has 0 unspecified atom stereocenters. The summed E-state index contributed by atoms with van der Waals surface area (Å²) in [5.41, 5.74) is 18.8. The first-order chi connectivity index (χ1) is 22.1. The molecule has 2 heterocycles. The highest BCUT2D eigenvalue weighted by Gasteiger charge is 2.44. The average Bonchev–Trinajstić information content (AvgIpc) is 3.38. The normalized spacial score (nSPS) is 20.8. The predicted octanol–water partition coefficient (Wildman–Crippen LogP) is 9.26. The molecule has 5 rings (SSSR count). The summed E-state index contributed by atoms with van der Waals surface area (Å²) >= 11 is 0. The molecule has 46 heavy (non-hydrogen) atoms. The zero-order chi connectivity index (χ0) is 33.1. The van der Waals surface area contributed by atoms with Crippen molar-refractivity contribution in [3.05, 3.63) is 118 Å². The number of hydrogen-bond donors (Lipinski definition) is 2. The second kappa shape index (κ2) is 13.9. The van der Waals surface area contributed by atoms with E-state index < -0.39 is 0 Å². The van der Waals surface area contributed by atoms with Gasteiger partial charge in [0.25, 0.3) is 0 Å². The lowest BCUT2D eigenvalue weighted by molar-refractivity contribution is -0.437. The lowest BCUT2D eigenvalue weighted by atomic mass is 9.81. The molecule has 0 radical (unpaired) electrons. The Bertz CT molecular complexity index is 1630. The first-order valence-corrected chi connectivity index (χ1v) is 17.5. The Morgan fingerprint density at radius 3 is 2.30 bits per heavy atom. The van der Waals surface area contributed by atoms with Crippen molar-refractivity contribution in [2.75, 3.05) is 18.0 Å². The number of nitrogens with two attached hydrogens (primary N) is 2. The largest absolute Gasteiger partial charge is 0.401 e. The van der Waals surface area contributed by atoms with E-state index in [1.165, 1.54) is 45.1 Å². The molecule has 0 aromatic heterocycles. The number of para-hydroxylation sites is 2. The monoisotopic (exact) mass is 618 g/mol. The standard InChI is InChI=1S/C41H56N5/c1-8-16-32(42)29-46(43)39-30(23-25-37-40(4,5)33-19-11-13-21-35(33)44(37)27-9-2)17-15-18-31(39)24-26-38-41(6,7)34-20-12-14-22-36(34)45(38)28-10-3/h11-14,19-26,29H,8-10,15-18,27-28,42-43H2,1-7H3/q+1/b32-29-. The minimum atomic E-state index is -0.0829. The van der Waals surface area contributed by atoms with Crippen molar-refractivity contribution in [2.24, 2.45) is 11.6 Å². The molecule has 0 saturated heterocycles. The van der Waals surface area contributed by atoms with Crippen LogP contribution in [0.15, 0.2) is 107 Å². The molecule has 5 heteroatoms. The maximum Gasteiger partial charge on any atom is 0.209 e. The zero-order valence-corrected chi connectivity index (χ0v) is 29.4. The highest BCUT2D eigenvalue weighted by molar-refractivity contribution is 6.03. The summed E-state index contributed by atoms with van der Waals surface area (Å²) < 4.78 is 2.51. The number of benzene rings is 2. The van der Waals surface area contributed by atoms with Gasteiger partial charge in [0, 0.05) is 59.4 Å². The Hall–Kier alpha value is -3.83. The first-order valence-electron chi connectivity index (χ1n) is 17.5. The van der Waals surface area contributed by atoms with Gasteiger partial charge in [-0.3, -0.25) is 5.01 Å². The van der Waals surface area contributed by atoms with E-state index >= 15 is 0 Å². The van der Waals surface area contributed by atoms with Gasteiger partial charge in [0.2, 0.25) is 5.69 Å². The van der Waals surface area contributed by atoms with Crippen LogP contribution < -0.4 is 16.5 Å². The number of anilines is 1. The van der Waals surface area contributed by atoms with Crippen LogP contribution in [0, 0.1) is 0 Å². The van der Waals surface area contributed by atoms with Crippen LogP contribution in [0.5, 0.6) is 0 Å². The van der Waals surface area contributed by atoms with Gasteiger partial charge in [-0.2, -0.15) is 4.58 Å². The number of nitrogens with zero attached hydrogens (tertiary/aromatic N) is 3. The third-order valence-corrected chi connectivity index (χ3v) is 9.98. The van der Waals surface area contributed by atoms with Crippen LogP contribution in [-0.2, 0) is 10.8 Å². The van der Waals surface area contributed by atoms with E-state index in [0.717, 1.165) is 69.4 Å². The molecular weight excluding hydrogens is 562 g/mol. The fourth-order valence-electron chi connectivity index (χ4n) is 7.73. The van der Waals surface area contributed by atoms with E-state index in [4.69, 9.17) is 11.6 Å². The van der Waals surface area contributed by atoms with Crippen LogP contribution >= 0.6 is 0 Å². The Balaban J connectivity index is 1.62. The summed E-state index contributed by atoms with van der Waals surface area (Å²) in [5.74, 6) is 6.92. The van der Waals surface area contributed by atoms with Crippen LogP contribution in [0.2, 0.25) is 0 Å². The minimum absolute atomic E-state index is 0.0829. The predicted molar refractivity (Wildman–Crippen MR) is 196 cm³/mol. The molecule has 2 aliphatic heterocycles. The third-order valence-electron chi connectivity index (χ3n) is 9.98. The van der Waals surface area contributed by atoms with Gasteiger partial charge in [-0.15, -0.1) is 0 Å². The SMILES string of the molecule is CCC/C(N)=C/N(N)C1=C(/C=C/C2=[N+](CCC)c3ccccc3C2(C)C)CCC/C1=C\C=C1\N(CCC)c2ccccc2C1(C)C.